The lowest BCUT2D eigenvalue weighted by atomic mass is 10.1. The van der Waals surface area contributed by atoms with Crippen LogP contribution in [0.1, 0.15) is 25.0 Å². The number of benzene rings is 2. The number of nitrogens with one attached hydrogen (secondary N) is 2. The zero-order valence-corrected chi connectivity index (χ0v) is 17.6. The van der Waals surface area contributed by atoms with Crippen LogP contribution in [0.25, 0.3) is 0 Å². The largest absolute Gasteiger partial charge is 0.497 e. The number of carbonyl (C=O) groups is 1. The molecule has 0 radical (unpaired) electrons. The summed E-state index contributed by atoms with van der Waals surface area (Å²) < 4.78 is 5.18. The molecule has 0 aromatic heterocycles. The molecule has 0 saturated heterocycles. The van der Waals surface area contributed by atoms with E-state index in [-0.39, 0.29) is 12.5 Å². The predicted molar refractivity (Wildman–Crippen MR) is 118 cm³/mol. The number of ether oxygens (including phenoxy) is 1. The van der Waals surface area contributed by atoms with Gasteiger partial charge in [-0.25, -0.2) is 4.99 Å². The highest BCUT2D eigenvalue weighted by molar-refractivity contribution is 5.85. The van der Waals surface area contributed by atoms with Gasteiger partial charge in [-0.3, -0.25) is 4.79 Å². The standard InChI is InChI=1S/C23H32N4O2/c1-4-24-23(25-16-15-19-11-13-21(29-3)14-12-19)26-17-22(28)27(5-2)18-20-9-7-6-8-10-20/h6-14H,4-5,15-18H2,1-3H3,(H2,24,25,26). The van der Waals surface area contributed by atoms with Crippen LogP contribution in [-0.2, 0) is 17.8 Å². The van der Waals surface area contributed by atoms with E-state index in [4.69, 9.17) is 4.74 Å². The normalized spacial score (nSPS) is 11.1. The number of aliphatic imine (C=N–C) groups is 1. The number of methoxy groups -OCH3 is 1. The number of nitrogens with zero attached hydrogens (tertiary/aromatic N) is 2. The summed E-state index contributed by atoms with van der Waals surface area (Å²) in [5.74, 6) is 1.53. The summed E-state index contributed by atoms with van der Waals surface area (Å²) in [6, 6.07) is 18.0. The highest BCUT2D eigenvalue weighted by atomic mass is 16.5. The predicted octanol–water partition coefficient (Wildman–Crippen LogP) is 2.84. The third-order valence-corrected chi connectivity index (χ3v) is 4.53. The van der Waals surface area contributed by atoms with Crippen molar-refractivity contribution >= 4 is 11.9 Å². The summed E-state index contributed by atoms with van der Waals surface area (Å²) in [6.07, 6.45) is 0.859. The molecule has 0 fully saturated rings. The molecule has 156 valence electrons. The number of hydrogen-bond donors (Lipinski definition) is 2. The van der Waals surface area contributed by atoms with E-state index in [1.807, 2.05) is 61.2 Å². The van der Waals surface area contributed by atoms with Crippen molar-refractivity contribution in [3.63, 3.8) is 0 Å². The molecular formula is C23H32N4O2. The molecule has 2 aromatic carbocycles. The van der Waals surface area contributed by atoms with E-state index in [1.54, 1.807) is 7.11 Å². The summed E-state index contributed by atoms with van der Waals surface area (Å²) in [6.45, 7) is 6.85. The molecule has 0 unspecified atom stereocenters. The summed E-state index contributed by atoms with van der Waals surface area (Å²) in [5.41, 5.74) is 2.33. The van der Waals surface area contributed by atoms with E-state index in [0.29, 0.717) is 19.0 Å². The van der Waals surface area contributed by atoms with Crippen molar-refractivity contribution in [2.75, 3.05) is 33.3 Å². The number of hydrogen-bond acceptors (Lipinski definition) is 3. The Balaban J connectivity index is 1.86. The lowest BCUT2D eigenvalue weighted by Gasteiger charge is -2.20. The minimum absolute atomic E-state index is 0.0173. The molecule has 29 heavy (non-hydrogen) atoms. The molecular weight excluding hydrogens is 364 g/mol. The molecule has 0 atom stereocenters. The summed E-state index contributed by atoms with van der Waals surface area (Å²) >= 11 is 0. The second-order valence-corrected chi connectivity index (χ2v) is 6.61. The minimum atomic E-state index is 0.0173. The van der Waals surface area contributed by atoms with Gasteiger partial charge in [-0.05, 0) is 43.5 Å². The van der Waals surface area contributed by atoms with Crippen LogP contribution < -0.4 is 15.4 Å². The molecule has 0 spiro atoms. The van der Waals surface area contributed by atoms with Crippen molar-refractivity contribution < 1.29 is 9.53 Å². The fourth-order valence-electron chi connectivity index (χ4n) is 2.89. The molecule has 0 bridgehead atoms. The first kappa shape index (κ1) is 22.3. The monoisotopic (exact) mass is 396 g/mol. The Kier molecular flexibility index (Phi) is 9.55. The van der Waals surface area contributed by atoms with Crippen molar-refractivity contribution in [3.8, 4) is 5.75 Å². The second-order valence-electron chi connectivity index (χ2n) is 6.61. The topological polar surface area (TPSA) is 66.0 Å². The van der Waals surface area contributed by atoms with Gasteiger partial charge in [0.05, 0.1) is 7.11 Å². The van der Waals surface area contributed by atoms with Crippen molar-refractivity contribution in [2.45, 2.75) is 26.8 Å². The third-order valence-electron chi connectivity index (χ3n) is 4.53. The van der Waals surface area contributed by atoms with Gasteiger partial charge in [0, 0.05) is 26.2 Å². The Bertz CT molecular complexity index is 760. The zero-order chi connectivity index (χ0) is 20.9. The minimum Gasteiger partial charge on any atom is -0.497 e. The molecule has 0 aliphatic rings. The Morgan fingerprint density at radius 2 is 1.72 bits per heavy atom. The maximum absolute atomic E-state index is 12.6. The third kappa shape index (κ3) is 7.86. The van der Waals surface area contributed by atoms with E-state index < -0.39 is 0 Å². The molecule has 6 heteroatoms. The molecule has 1 amide bonds. The average Bonchev–Trinajstić information content (AvgIpc) is 2.76. The highest BCUT2D eigenvalue weighted by Gasteiger charge is 2.12. The first-order valence-electron chi connectivity index (χ1n) is 10.1. The van der Waals surface area contributed by atoms with E-state index >= 15 is 0 Å². The zero-order valence-electron chi connectivity index (χ0n) is 17.6. The van der Waals surface area contributed by atoms with Gasteiger partial charge in [0.2, 0.25) is 5.91 Å². The number of guanidine groups is 1. The van der Waals surface area contributed by atoms with Crippen molar-refractivity contribution in [2.24, 2.45) is 4.99 Å². The van der Waals surface area contributed by atoms with Gasteiger partial charge in [-0.15, -0.1) is 0 Å². The van der Waals surface area contributed by atoms with Crippen LogP contribution in [0.5, 0.6) is 5.75 Å². The second kappa shape index (κ2) is 12.4. The van der Waals surface area contributed by atoms with Gasteiger partial charge in [-0.1, -0.05) is 42.5 Å². The average molecular weight is 397 g/mol. The van der Waals surface area contributed by atoms with Gasteiger partial charge in [0.25, 0.3) is 0 Å². The van der Waals surface area contributed by atoms with E-state index in [0.717, 1.165) is 30.8 Å². The van der Waals surface area contributed by atoms with Crippen LogP contribution >= 0.6 is 0 Å². The Morgan fingerprint density at radius 1 is 1.00 bits per heavy atom. The van der Waals surface area contributed by atoms with Gasteiger partial charge in [-0.2, -0.15) is 0 Å². The highest BCUT2D eigenvalue weighted by Crippen LogP contribution is 2.11. The Labute approximate surface area is 174 Å². The van der Waals surface area contributed by atoms with Crippen LogP contribution in [0.3, 0.4) is 0 Å². The van der Waals surface area contributed by atoms with Gasteiger partial charge < -0.3 is 20.3 Å². The van der Waals surface area contributed by atoms with Crippen LogP contribution in [0, 0.1) is 0 Å². The molecule has 2 aromatic rings. The molecule has 6 nitrogen and oxygen atoms in total. The smallest absolute Gasteiger partial charge is 0.244 e. The first-order chi connectivity index (χ1) is 14.2. The van der Waals surface area contributed by atoms with E-state index in [2.05, 4.69) is 27.8 Å². The molecule has 0 heterocycles. The molecule has 0 aliphatic carbocycles. The molecule has 2 rings (SSSR count). The Hall–Kier alpha value is -3.02. The van der Waals surface area contributed by atoms with Crippen molar-refractivity contribution in [3.05, 3.63) is 65.7 Å². The number of likely N-dealkylation sites (N-methyl/N-ethyl adjacent to an activating group) is 1. The van der Waals surface area contributed by atoms with Gasteiger partial charge in [0.15, 0.2) is 5.96 Å². The van der Waals surface area contributed by atoms with E-state index in [9.17, 15) is 4.79 Å². The lowest BCUT2D eigenvalue weighted by Crippen LogP contribution is -2.40. The first-order valence-corrected chi connectivity index (χ1v) is 10.1. The van der Waals surface area contributed by atoms with Crippen LogP contribution in [0.4, 0.5) is 0 Å². The lowest BCUT2D eigenvalue weighted by molar-refractivity contribution is -0.130. The number of carbonyl (C=O) groups excluding carboxylic acids is 1. The van der Waals surface area contributed by atoms with Gasteiger partial charge in [0.1, 0.15) is 12.3 Å². The van der Waals surface area contributed by atoms with E-state index in [1.165, 1.54) is 5.56 Å². The quantitative estimate of drug-likeness (QED) is 0.479. The SMILES string of the molecule is CCNC(=NCC(=O)N(CC)Cc1ccccc1)NCCc1ccc(OC)cc1. The molecule has 2 N–H and O–H groups in total. The van der Waals surface area contributed by atoms with Crippen molar-refractivity contribution in [1.29, 1.82) is 0 Å². The maximum Gasteiger partial charge on any atom is 0.244 e. The fourth-order valence-corrected chi connectivity index (χ4v) is 2.89. The number of amides is 1. The summed E-state index contributed by atoms with van der Waals surface area (Å²) in [7, 11) is 1.66. The summed E-state index contributed by atoms with van der Waals surface area (Å²) in [4.78, 5) is 18.9. The van der Waals surface area contributed by atoms with Gasteiger partial charge >= 0.3 is 0 Å². The van der Waals surface area contributed by atoms with Crippen LogP contribution in [-0.4, -0.2) is 50.1 Å². The number of rotatable bonds is 10. The maximum atomic E-state index is 12.6. The van der Waals surface area contributed by atoms with Crippen LogP contribution in [0.15, 0.2) is 59.6 Å². The molecule has 0 aliphatic heterocycles. The fraction of sp³-hybridized carbons (Fsp3) is 0.391. The van der Waals surface area contributed by atoms with Crippen molar-refractivity contribution in [1.82, 2.24) is 15.5 Å². The van der Waals surface area contributed by atoms with Crippen LogP contribution in [0.2, 0.25) is 0 Å². The Morgan fingerprint density at radius 3 is 2.34 bits per heavy atom. The summed E-state index contributed by atoms with van der Waals surface area (Å²) in [5, 5.41) is 6.49. The molecule has 0 saturated carbocycles.